The molecule has 1 fully saturated rings. The molecule has 22 heavy (non-hydrogen) atoms. The SMILES string of the molecule is Cc1c(C)n(CC(O)CNCC2CCCO2)c2ccccc12. The Balaban J connectivity index is 1.61. The number of aliphatic hydroxyl groups excluding tert-OH is 1. The fraction of sp³-hybridized carbons (Fsp3) is 0.556. The van der Waals surface area contributed by atoms with Crippen molar-refractivity contribution in [2.75, 3.05) is 19.7 Å². The molecule has 1 aromatic carbocycles. The van der Waals surface area contributed by atoms with Crippen molar-refractivity contribution in [3.8, 4) is 0 Å². The maximum atomic E-state index is 10.3. The van der Waals surface area contributed by atoms with Gasteiger partial charge in [0.1, 0.15) is 0 Å². The van der Waals surface area contributed by atoms with Crippen molar-refractivity contribution < 1.29 is 9.84 Å². The van der Waals surface area contributed by atoms with Crippen molar-refractivity contribution in [3.63, 3.8) is 0 Å². The predicted octanol–water partition coefficient (Wildman–Crippen LogP) is 2.39. The molecular weight excluding hydrogens is 276 g/mol. The largest absolute Gasteiger partial charge is 0.390 e. The molecule has 120 valence electrons. The molecule has 0 spiro atoms. The van der Waals surface area contributed by atoms with Gasteiger partial charge in [0.2, 0.25) is 0 Å². The lowest BCUT2D eigenvalue weighted by Gasteiger charge is -2.17. The number of rotatable bonds is 6. The average Bonchev–Trinajstić information content (AvgIpc) is 3.11. The molecule has 1 aliphatic heterocycles. The van der Waals surface area contributed by atoms with Gasteiger partial charge in [-0.25, -0.2) is 0 Å². The van der Waals surface area contributed by atoms with Crippen LogP contribution in [-0.4, -0.2) is 41.6 Å². The summed E-state index contributed by atoms with van der Waals surface area (Å²) in [5.74, 6) is 0. The van der Waals surface area contributed by atoms with E-state index >= 15 is 0 Å². The van der Waals surface area contributed by atoms with Gasteiger partial charge in [0.15, 0.2) is 0 Å². The number of hydrogen-bond acceptors (Lipinski definition) is 3. The smallest absolute Gasteiger partial charge is 0.0843 e. The fourth-order valence-electron chi connectivity index (χ4n) is 3.33. The standard InChI is InChI=1S/C18H26N2O2/c1-13-14(2)20(18-8-4-3-7-17(13)18)12-15(21)10-19-11-16-6-5-9-22-16/h3-4,7-8,15-16,19,21H,5-6,9-12H2,1-2H3. The molecule has 2 heterocycles. The van der Waals surface area contributed by atoms with Gasteiger partial charge in [0, 0.05) is 36.3 Å². The second kappa shape index (κ2) is 6.82. The van der Waals surface area contributed by atoms with Crippen LogP contribution in [0.1, 0.15) is 24.1 Å². The molecule has 4 heteroatoms. The number of hydrogen-bond donors (Lipinski definition) is 2. The molecule has 2 atom stereocenters. The third-order valence-electron chi connectivity index (χ3n) is 4.72. The molecule has 2 N–H and O–H groups in total. The summed E-state index contributed by atoms with van der Waals surface area (Å²) >= 11 is 0. The van der Waals surface area contributed by atoms with Crippen molar-refractivity contribution in [2.45, 2.75) is 45.4 Å². The van der Waals surface area contributed by atoms with Crippen LogP contribution in [0.15, 0.2) is 24.3 Å². The van der Waals surface area contributed by atoms with Crippen molar-refractivity contribution in [1.29, 1.82) is 0 Å². The zero-order valence-electron chi connectivity index (χ0n) is 13.5. The lowest BCUT2D eigenvalue weighted by Crippen LogP contribution is -2.35. The second-order valence-electron chi connectivity index (χ2n) is 6.29. The minimum Gasteiger partial charge on any atom is -0.390 e. The minimum absolute atomic E-state index is 0.323. The Hall–Kier alpha value is -1.36. The summed E-state index contributed by atoms with van der Waals surface area (Å²) in [6.07, 6.45) is 2.21. The maximum absolute atomic E-state index is 10.3. The highest BCUT2D eigenvalue weighted by Crippen LogP contribution is 2.25. The number of nitrogens with one attached hydrogen (secondary N) is 1. The number of aromatic nitrogens is 1. The number of fused-ring (bicyclic) bond motifs is 1. The van der Waals surface area contributed by atoms with Crippen molar-refractivity contribution in [2.24, 2.45) is 0 Å². The maximum Gasteiger partial charge on any atom is 0.0843 e. The molecule has 3 rings (SSSR count). The van der Waals surface area contributed by atoms with E-state index < -0.39 is 6.10 Å². The molecule has 0 saturated carbocycles. The molecule has 1 saturated heterocycles. The fourth-order valence-corrected chi connectivity index (χ4v) is 3.33. The highest BCUT2D eigenvalue weighted by atomic mass is 16.5. The van der Waals surface area contributed by atoms with Crippen LogP contribution in [0.25, 0.3) is 10.9 Å². The van der Waals surface area contributed by atoms with Crippen LogP contribution in [-0.2, 0) is 11.3 Å². The summed E-state index contributed by atoms with van der Waals surface area (Å²) in [6.45, 7) is 7.21. The van der Waals surface area contributed by atoms with Crippen LogP contribution in [0, 0.1) is 13.8 Å². The first-order chi connectivity index (χ1) is 10.7. The van der Waals surface area contributed by atoms with E-state index in [1.165, 1.54) is 22.2 Å². The van der Waals surface area contributed by atoms with Gasteiger partial charge in [-0.1, -0.05) is 18.2 Å². The molecule has 2 aromatic rings. The zero-order chi connectivity index (χ0) is 15.5. The van der Waals surface area contributed by atoms with Gasteiger partial charge in [-0.3, -0.25) is 0 Å². The Morgan fingerprint density at radius 3 is 2.95 bits per heavy atom. The van der Waals surface area contributed by atoms with Gasteiger partial charge in [-0.05, 0) is 38.3 Å². The Morgan fingerprint density at radius 2 is 2.18 bits per heavy atom. The van der Waals surface area contributed by atoms with Crippen molar-refractivity contribution in [1.82, 2.24) is 9.88 Å². The molecule has 1 aliphatic rings. The quantitative estimate of drug-likeness (QED) is 0.861. The summed E-state index contributed by atoms with van der Waals surface area (Å²) in [5.41, 5.74) is 3.74. The summed E-state index contributed by atoms with van der Waals surface area (Å²) in [6, 6.07) is 8.40. The summed E-state index contributed by atoms with van der Waals surface area (Å²) in [4.78, 5) is 0. The Labute approximate surface area is 132 Å². The van der Waals surface area contributed by atoms with E-state index in [-0.39, 0.29) is 0 Å². The third-order valence-corrected chi connectivity index (χ3v) is 4.72. The molecular formula is C18H26N2O2. The first kappa shape index (κ1) is 15.5. The minimum atomic E-state index is -0.393. The molecule has 0 aliphatic carbocycles. The number of aryl methyl sites for hydroxylation is 1. The van der Waals surface area contributed by atoms with Crippen molar-refractivity contribution >= 4 is 10.9 Å². The summed E-state index contributed by atoms with van der Waals surface area (Å²) in [7, 11) is 0. The van der Waals surface area contributed by atoms with E-state index in [0.717, 1.165) is 26.0 Å². The molecule has 1 aromatic heterocycles. The van der Waals surface area contributed by atoms with Gasteiger partial charge in [0.25, 0.3) is 0 Å². The topological polar surface area (TPSA) is 46.4 Å². The highest BCUT2D eigenvalue weighted by Gasteiger charge is 2.16. The number of ether oxygens (including phenoxy) is 1. The molecule has 0 radical (unpaired) electrons. The first-order valence-corrected chi connectivity index (χ1v) is 8.21. The highest BCUT2D eigenvalue weighted by molar-refractivity contribution is 5.85. The van der Waals surface area contributed by atoms with Gasteiger partial charge in [-0.2, -0.15) is 0 Å². The van der Waals surface area contributed by atoms with E-state index in [0.29, 0.717) is 19.2 Å². The van der Waals surface area contributed by atoms with E-state index in [9.17, 15) is 5.11 Å². The van der Waals surface area contributed by atoms with E-state index in [4.69, 9.17) is 4.74 Å². The lowest BCUT2D eigenvalue weighted by molar-refractivity contribution is 0.101. The van der Waals surface area contributed by atoms with Crippen LogP contribution in [0.3, 0.4) is 0 Å². The predicted molar refractivity (Wildman–Crippen MR) is 89.3 cm³/mol. The van der Waals surface area contributed by atoms with Gasteiger partial charge >= 0.3 is 0 Å². The number of nitrogens with zero attached hydrogens (tertiary/aromatic N) is 1. The van der Waals surface area contributed by atoms with Crippen LogP contribution in [0.2, 0.25) is 0 Å². The molecule has 0 amide bonds. The zero-order valence-corrected chi connectivity index (χ0v) is 13.5. The first-order valence-electron chi connectivity index (χ1n) is 8.21. The number of aliphatic hydroxyl groups is 1. The third kappa shape index (κ3) is 3.19. The molecule has 4 nitrogen and oxygen atoms in total. The molecule has 0 bridgehead atoms. The number of para-hydroxylation sites is 1. The van der Waals surface area contributed by atoms with Gasteiger partial charge in [-0.15, -0.1) is 0 Å². The normalized spacial score (nSPS) is 19.9. The Kier molecular flexibility index (Phi) is 4.81. The summed E-state index contributed by atoms with van der Waals surface area (Å²) < 4.78 is 7.81. The average molecular weight is 302 g/mol. The van der Waals surface area contributed by atoms with Crippen LogP contribution >= 0.6 is 0 Å². The monoisotopic (exact) mass is 302 g/mol. The van der Waals surface area contributed by atoms with E-state index in [1.807, 2.05) is 0 Å². The Morgan fingerprint density at radius 1 is 1.36 bits per heavy atom. The second-order valence-corrected chi connectivity index (χ2v) is 6.29. The van der Waals surface area contributed by atoms with Crippen LogP contribution in [0.5, 0.6) is 0 Å². The van der Waals surface area contributed by atoms with E-state index in [2.05, 4.69) is 48.0 Å². The van der Waals surface area contributed by atoms with Crippen molar-refractivity contribution in [3.05, 3.63) is 35.5 Å². The van der Waals surface area contributed by atoms with Gasteiger partial charge < -0.3 is 19.7 Å². The Bertz CT molecular complexity index is 629. The van der Waals surface area contributed by atoms with E-state index in [1.54, 1.807) is 0 Å². The van der Waals surface area contributed by atoms with Crippen LogP contribution in [0.4, 0.5) is 0 Å². The molecule has 2 unspecified atom stereocenters. The summed E-state index contributed by atoms with van der Waals surface area (Å²) in [5, 5.41) is 15.0. The van der Waals surface area contributed by atoms with Gasteiger partial charge in [0.05, 0.1) is 18.8 Å². The lowest BCUT2D eigenvalue weighted by atomic mass is 10.2. The van der Waals surface area contributed by atoms with Crippen LogP contribution < -0.4 is 5.32 Å². The number of benzene rings is 1.